The van der Waals surface area contributed by atoms with Crippen molar-refractivity contribution in [2.45, 2.75) is 32.4 Å². The van der Waals surface area contributed by atoms with E-state index in [0.717, 1.165) is 23.3 Å². The molecule has 0 radical (unpaired) electrons. The third kappa shape index (κ3) is 3.81. The molecule has 1 unspecified atom stereocenters. The summed E-state index contributed by atoms with van der Waals surface area (Å²) in [6.07, 6.45) is 3.31. The van der Waals surface area contributed by atoms with Crippen LogP contribution in [0.4, 0.5) is 4.79 Å². The second kappa shape index (κ2) is 7.51. The van der Waals surface area contributed by atoms with Crippen LogP contribution in [-0.2, 0) is 20.9 Å². The molecule has 0 bridgehead atoms. The van der Waals surface area contributed by atoms with Crippen LogP contribution in [0, 0.1) is 0 Å². The number of aromatic nitrogens is 1. The van der Waals surface area contributed by atoms with Gasteiger partial charge >= 0.3 is 6.03 Å². The third-order valence-corrected chi connectivity index (χ3v) is 4.55. The minimum atomic E-state index is -0.527. The van der Waals surface area contributed by atoms with Crippen molar-refractivity contribution in [3.63, 3.8) is 0 Å². The number of imide groups is 1. The lowest BCUT2D eigenvalue weighted by molar-refractivity contribution is -0.137. The summed E-state index contributed by atoms with van der Waals surface area (Å²) < 4.78 is 0. The van der Waals surface area contributed by atoms with E-state index < -0.39 is 6.03 Å². The Morgan fingerprint density at radius 2 is 2.19 bits per heavy atom. The Morgan fingerprint density at radius 3 is 2.88 bits per heavy atom. The summed E-state index contributed by atoms with van der Waals surface area (Å²) in [4.78, 5) is 53.9. The summed E-state index contributed by atoms with van der Waals surface area (Å²) in [6, 6.07) is 3.07. The van der Waals surface area contributed by atoms with Gasteiger partial charge in [-0.2, -0.15) is 0 Å². The van der Waals surface area contributed by atoms with Crippen LogP contribution in [0.15, 0.2) is 18.3 Å². The molecule has 2 N–H and O–H groups in total. The van der Waals surface area contributed by atoms with Crippen molar-refractivity contribution < 1.29 is 19.2 Å². The molecule has 3 rings (SSSR count). The Balaban J connectivity index is 1.70. The monoisotopic (exact) mass is 359 g/mol. The largest absolute Gasteiger partial charge is 0.351 e. The van der Waals surface area contributed by atoms with Gasteiger partial charge in [0.1, 0.15) is 6.54 Å². The van der Waals surface area contributed by atoms with Crippen LogP contribution in [-0.4, -0.2) is 58.2 Å². The number of pyridine rings is 1. The van der Waals surface area contributed by atoms with Gasteiger partial charge in [0.05, 0.1) is 24.8 Å². The van der Waals surface area contributed by atoms with Crippen LogP contribution in [0.5, 0.6) is 0 Å². The molecule has 2 aliphatic rings. The van der Waals surface area contributed by atoms with Crippen LogP contribution in [0.1, 0.15) is 37.1 Å². The molecule has 1 aromatic heterocycles. The first-order valence-corrected chi connectivity index (χ1v) is 8.52. The van der Waals surface area contributed by atoms with E-state index in [1.165, 1.54) is 6.92 Å². The van der Waals surface area contributed by atoms with Gasteiger partial charge in [0, 0.05) is 19.7 Å². The zero-order chi connectivity index (χ0) is 18.7. The smallest absolute Gasteiger partial charge is 0.325 e. The average Bonchev–Trinajstić information content (AvgIpc) is 3.22. The van der Waals surface area contributed by atoms with Gasteiger partial charge in [-0.15, -0.1) is 0 Å². The molecule has 0 aromatic carbocycles. The highest BCUT2D eigenvalue weighted by molar-refractivity contribution is 6.04. The predicted molar refractivity (Wildman–Crippen MR) is 90.6 cm³/mol. The van der Waals surface area contributed by atoms with Crippen molar-refractivity contribution >= 4 is 23.8 Å². The fraction of sp³-hybridized carbons (Fsp3) is 0.471. The van der Waals surface area contributed by atoms with Gasteiger partial charge in [0.15, 0.2) is 0 Å². The fourth-order valence-electron chi connectivity index (χ4n) is 3.27. The van der Waals surface area contributed by atoms with Crippen molar-refractivity contribution in [2.75, 3.05) is 19.6 Å². The summed E-state index contributed by atoms with van der Waals surface area (Å²) >= 11 is 0. The normalized spacial score (nSPS) is 19.7. The second-order valence-electron chi connectivity index (χ2n) is 6.37. The second-order valence-corrected chi connectivity index (χ2v) is 6.37. The molecule has 5 amide bonds. The lowest BCUT2D eigenvalue weighted by Crippen LogP contribution is -2.42. The van der Waals surface area contributed by atoms with E-state index in [4.69, 9.17) is 0 Å². The van der Waals surface area contributed by atoms with Gasteiger partial charge in [-0.25, -0.2) is 4.79 Å². The Hall–Kier alpha value is -2.97. The summed E-state index contributed by atoms with van der Waals surface area (Å²) in [5.74, 6) is -0.776. The number of rotatable bonds is 5. The van der Waals surface area contributed by atoms with E-state index in [0.29, 0.717) is 18.8 Å². The quantitative estimate of drug-likeness (QED) is 0.715. The molecule has 9 heteroatoms. The van der Waals surface area contributed by atoms with Crippen molar-refractivity contribution in [3.8, 4) is 0 Å². The summed E-state index contributed by atoms with van der Waals surface area (Å²) in [5, 5.41) is 5.11. The van der Waals surface area contributed by atoms with Gasteiger partial charge in [-0.3, -0.25) is 24.3 Å². The maximum absolute atomic E-state index is 12.7. The number of carbonyl (C=O) groups is 4. The molecular weight excluding hydrogens is 338 g/mol. The van der Waals surface area contributed by atoms with Crippen molar-refractivity contribution in [1.82, 2.24) is 25.4 Å². The van der Waals surface area contributed by atoms with Crippen molar-refractivity contribution in [1.29, 1.82) is 0 Å². The molecule has 2 fully saturated rings. The average molecular weight is 359 g/mol. The lowest BCUT2D eigenvalue weighted by Gasteiger charge is -2.26. The SMILES string of the molecule is CC(=O)NCc1cc(C2CCCN2C(=O)CN2C(=O)CNC2=O)ccn1. The van der Waals surface area contributed by atoms with E-state index in [1.807, 2.05) is 12.1 Å². The summed E-state index contributed by atoms with van der Waals surface area (Å²) in [6.45, 7) is 2.04. The zero-order valence-corrected chi connectivity index (χ0v) is 14.5. The number of likely N-dealkylation sites (tertiary alicyclic amines) is 1. The van der Waals surface area contributed by atoms with Gasteiger partial charge in [0.2, 0.25) is 11.8 Å². The third-order valence-electron chi connectivity index (χ3n) is 4.55. The molecular formula is C17H21N5O4. The topological polar surface area (TPSA) is 112 Å². The molecule has 2 aliphatic heterocycles. The Labute approximate surface area is 150 Å². The standard InChI is InChI=1S/C17H21N5O4/c1-11(23)19-8-13-7-12(4-5-18-13)14-3-2-6-21(14)16(25)10-22-15(24)9-20-17(22)26/h4-5,7,14H,2-3,6,8-10H2,1H3,(H,19,23)(H,20,26). The lowest BCUT2D eigenvalue weighted by atomic mass is 10.0. The number of hydrogen-bond acceptors (Lipinski definition) is 5. The van der Waals surface area contributed by atoms with E-state index in [2.05, 4.69) is 15.6 Å². The Kier molecular flexibility index (Phi) is 5.15. The highest BCUT2D eigenvalue weighted by Gasteiger charge is 2.35. The Bertz CT molecular complexity index is 734. The number of nitrogens with one attached hydrogen (secondary N) is 2. The number of hydrogen-bond donors (Lipinski definition) is 2. The van der Waals surface area contributed by atoms with E-state index >= 15 is 0 Å². The number of nitrogens with zero attached hydrogens (tertiary/aromatic N) is 3. The van der Waals surface area contributed by atoms with E-state index in [1.54, 1.807) is 11.1 Å². The molecule has 26 heavy (non-hydrogen) atoms. The van der Waals surface area contributed by atoms with Crippen LogP contribution >= 0.6 is 0 Å². The van der Waals surface area contributed by atoms with Gasteiger partial charge < -0.3 is 15.5 Å². The van der Waals surface area contributed by atoms with Gasteiger partial charge in [-0.05, 0) is 30.5 Å². The maximum atomic E-state index is 12.7. The first-order chi connectivity index (χ1) is 12.5. The van der Waals surface area contributed by atoms with Crippen molar-refractivity contribution in [3.05, 3.63) is 29.6 Å². The van der Waals surface area contributed by atoms with Crippen LogP contribution in [0.2, 0.25) is 0 Å². The molecule has 1 atom stereocenters. The number of amides is 5. The fourth-order valence-corrected chi connectivity index (χ4v) is 3.27. The van der Waals surface area contributed by atoms with Crippen LogP contribution in [0.3, 0.4) is 0 Å². The Morgan fingerprint density at radius 1 is 1.38 bits per heavy atom. The molecule has 0 spiro atoms. The molecule has 3 heterocycles. The molecule has 1 aromatic rings. The predicted octanol–water partition coefficient (Wildman–Crippen LogP) is -0.0670. The van der Waals surface area contributed by atoms with Crippen LogP contribution < -0.4 is 10.6 Å². The maximum Gasteiger partial charge on any atom is 0.325 e. The number of carbonyl (C=O) groups excluding carboxylic acids is 4. The van der Waals surface area contributed by atoms with E-state index in [-0.39, 0.29) is 36.9 Å². The zero-order valence-electron chi connectivity index (χ0n) is 14.5. The minimum Gasteiger partial charge on any atom is -0.351 e. The number of urea groups is 1. The highest BCUT2D eigenvalue weighted by atomic mass is 16.2. The summed E-state index contributed by atoms with van der Waals surface area (Å²) in [5.41, 5.74) is 1.65. The van der Waals surface area contributed by atoms with E-state index in [9.17, 15) is 19.2 Å². The molecule has 0 aliphatic carbocycles. The minimum absolute atomic E-state index is 0.0631. The van der Waals surface area contributed by atoms with Gasteiger partial charge in [0.25, 0.3) is 5.91 Å². The van der Waals surface area contributed by atoms with Gasteiger partial charge in [-0.1, -0.05) is 0 Å². The first kappa shape index (κ1) is 17.8. The highest BCUT2D eigenvalue weighted by Crippen LogP contribution is 2.32. The molecule has 9 nitrogen and oxygen atoms in total. The summed E-state index contributed by atoms with van der Waals surface area (Å²) in [7, 11) is 0. The molecule has 2 saturated heterocycles. The van der Waals surface area contributed by atoms with Crippen molar-refractivity contribution in [2.24, 2.45) is 0 Å². The molecule has 138 valence electrons. The van der Waals surface area contributed by atoms with Crippen LogP contribution in [0.25, 0.3) is 0 Å². The first-order valence-electron chi connectivity index (χ1n) is 8.52. The molecule has 0 saturated carbocycles.